The molecule has 1 amide bonds. The molecule has 1 unspecified atom stereocenters. The van der Waals surface area contributed by atoms with Crippen LogP contribution in [0.15, 0.2) is 72.9 Å². The highest BCUT2D eigenvalue weighted by molar-refractivity contribution is 7.93. The average Bonchev–Trinajstić information content (AvgIpc) is 3.37. The van der Waals surface area contributed by atoms with Crippen LogP contribution in [0.5, 0.6) is 5.75 Å². The summed E-state index contributed by atoms with van der Waals surface area (Å²) in [5.41, 5.74) is 4.17. The SMILES string of the molecule is CCc1cn2c3c(cc(C(=O)N[C@@H](Cc4ccccc4)[C@H](O)CNC(C)(C)c4cccc(OC)c4)cc13)N(C)S(=O)(=O)C(C)C2. The lowest BCUT2D eigenvalue weighted by molar-refractivity contribution is 0.0814. The predicted molar refractivity (Wildman–Crippen MR) is 180 cm³/mol. The van der Waals surface area contributed by atoms with Gasteiger partial charge in [-0.2, -0.15) is 0 Å². The van der Waals surface area contributed by atoms with Crippen molar-refractivity contribution in [2.24, 2.45) is 0 Å². The number of aliphatic hydroxyl groups excluding tert-OH is 1. The molecule has 3 N–H and O–H groups in total. The summed E-state index contributed by atoms with van der Waals surface area (Å²) in [6.45, 7) is 8.38. The fraction of sp³-hybridized carbons (Fsp3) is 0.400. The molecule has 5 rings (SSSR count). The van der Waals surface area contributed by atoms with Gasteiger partial charge in [0.2, 0.25) is 10.0 Å². The first-order valence-electron chi connectivity index (χ1n) is 15.4. The summed E-state index contributed by atoms with van der Waals surface area (Å²) >= 11 is 0. The van der Waals surface area contributed by atoms with E-state index in [0.29, 0.717) is 24.2 Å². The van der Waals surface area contributed by atoms with Crippen LogP contribution in [0.1, 0.15) is 54.7 Å². The number of methoxy groups -OCH3 is 1. The zero-order chi connectivity index (χ0) is 32.5. The molecule has 4 aromatic rings. The first-order chi connectivity index (χ1) is 21.3. The molecule has 45 heavy (non-hydrogen) atoms. The number of carbonyl (C=O) groups excluding carboxylic acids is 1. The van der Waals surface area contributed by atoms with Gasteiger partial charge in [-0.1, -0.05) is 49.4 Å². The number of amides is 1. The maximum atomic E-state index is 14.0. The maximum absolute atomic E-state index is 14.0. The second kappa shape index (κ2) is 12.9. The number of rotatable bonds is 11. The highest BCUT2D eigenvalue weighted by Crippen LogP contribution is 2.37. The van der Waals surface area contributed by atoms with Crippen LogP contribution in [0.2, 0.25) is 0 Å². The number of ether oxygens (including phenoxy) is 1. The molecule has 3 atom stereocenters. The molecule has 0 saturated heterocycles. The molecule has 3 aromatic carbocycles. The number of aliphatic hydroxyl groups is 1. The van der Waals surface area contributed by atoms with Crippen molar-refractivity contribution in [3.8, 4) is 5.75 Å². The lowest BCUT2D eigenvalue weighted by Crippen LogP contribution is -2.51. The third-order valence-electron chi connectivity index (χ3n) is 8.98. The second-order valence-electron chi connectivity index (χ2n) is 12.4. The van der Waals surface area contributed by atoms with Crippen LogP contribution in [0.25, 0.3) is 10.9 Å². The predicted octanol–water partition coefficient (Wildman–Crippen LogP) is 4.61. The quantitative estimate of drug-likeness (QED) is 0.223. The molecule has 0 aliphatic carbocycles. The Bertz CT molecular complexity index is 1780. The van der Waals surface area contributed by atoms with E-state index in [9.17, 15) is 18.3 Å². The van der Waals surface area contributed by atoms with Gasteiger partial charge in [0.15, 0.2) is 0 Å². The third-order valence-corrected chi connectivity index (χ3v) is 11.1. The number of aryl methyl sites for hydroxylation is 1. The summed E-state index contributed by atoms with van der Waals surface area (Å²) in [5, 5.41) is 18.3. The van der Waals surface area contributed by atoms with Crippen molar-refractivity contribution in [2.75, 3.05) is 25.0 Å². The fourth-order valence-corrected chi connectivity index (χ4v) is 7.38. The van der Waals surface area contributed by atoms with Crippen molar-refractivity contribution in [1.29, 1.82) is 0 Å². The number of carbonyl (C=O) groups is 1. The lowest BCUT2D eigenvalue weighted by Gasteiger charge is -2.31. The Kier molecular flexibility index (Phi) is 9.30. The van der Waals surface area contributed by atoms with Crippen molar-refractivity contribution < 1.29 is 23.1 Å². The van der Waals surface area contributed by atoms with Gasteiger partial charge in [0.25, 0.3) is 5.91 Å². The van der Waals surface area contributed by atoms with Crippen LogP contribution < -0.4 is 19.7 Å². The normalized spacial score (nSPS) is 17.5. The van der Waals surface area contributed by atoms with Gasteiger partial charge >= 0.3 is 0 Å². The van der Waals surface area contributed by atoms with Crippen LogP contribution in [0.3, 0.4) is 0 Å². The van der Waals surface area contributed by atoms with Crippen LogP contribution >= 0.6 is 0 Å². The minimum atomic E-state index is -3.62. The van der Waals surface area contributed by atoms with Gasteiger partial charge in [-0.05, 0) is 74.6 Å². The van der Waals surface area contributed by atoms with Gasteiger partial charge in [-0.3, -0.25) is 9.10 Å². The molecular formula is C35H44N4O5S. The largest absolute Gasteiger partial charge is 0.497 e. The smallest absolute Gasteiger partial charge is 0.251 e. The number of hydrogen-bond donors (Lipinski definition) is 3. The summed E-state index contributed by atoms with van der Waals surface area (Å²) in [6.07, 6.45) is 2.22. The molecular weight excluding hydrogens is 588 g/mol. The Hall–Kier alpha value is -3.86. The second-order valence-corrected chi connectivity index (χ2v) is 14.8. The van der Waals surface area contributed by atoms with E-state index < -0.39 is 33.0 Å². The van der Waals surface area contributed by atoms with E-state index in [1.54, 1.807) is 27.1 Å². The van der Waals surface area contributed by atoms with E-state index in [-0.39, 0.29) is 12.5 Å². The molecule has 9 nitrogen and oxygen atoms in total. The van der Waals surface area contributed by atoms with Crippen molar-refractivity contribution in [2.45, 2.75) is 70.0 Å². The van der Waals surface area contributed by atoms with Crippen LogP contribution in [-0.4, -0.2) is 62.1 Å². The maximum Gasteiger partial charge on any atom is 0.251 e. The van der Waals surface area contributed by atoms with E-state index >= 15 is 0 Å². The molecule has 0 fully saturated rings. The number of nitrogens with zero attached hydrogens (tertiary/aromatic N) is 2. The van der Waals surface area contributed by atoms with E-state index in [1.165, 1.54) is 4.31 Å². The Morgan fingerprint density at radius 3 is 2.53 bits per heavy atom. The molecule has 240 valence electrons. The van der Waals surface area contributed by atoms with Gasteiger partial charge < -0.3 is 25.0 Å². The highest BCUT2D eigenvalue weighted by atomic mass is 32.2. The minimum Gasteiger partial charge on any atom is -0.497 e. The standard InChI is InChI=1S/C35H44N4O5S/c1-7-25-22-39-21-23(2)45(42,43)38(5)31-18-26(17-29(25)33(31)39)34(41)37-30(16-24-12-9-8-10-13-24)32(40)20-36-35(3,4)27-14-11-15-28(19-27)44-6/h8-15,17-19,22-23,30,32,36,40H,7,16,20-21H2,1-6H3,(H,37,41)/t23?,30-,32+/m0/s1. The molecule has 1 aliphatic rings. The Morgan fingerprint density at radius 1 is 1.11 bits per heavy atom. The van der Waals surface area contributed by atoms with Gasteiger partial charge in [-0.25, -0.2) is 8.42 Å². The topological polar surface area (TPSA) is 113 Å². The number of benzene rings is 3. The highest BCUT2D eigenvalue weighted by Gasteiger charge is 2.34. The van der Waals surface area contributed by atoms with Gasteiger partial charge in [0.1, 0.15) is 5.75 Å². The van der Waals surface area contributed by atoms with Crippen molar-refractivity contribution in [1.82, 2.24) is 15.2 Å². The lowest BCUT2D eigenvalue weighted by atomic mass is 9.93. The molecule has 2 heterocycles. The Balaban J connectivity index is 1.45. The molecule has 0 bridgehead atoms. The molecule has 1 aromatic heterocycles. The van der Waals surface area contributed by atoms with E-state index in [2.05, 4.69) is 10.6 Å². The van der Waals surface area contributed by atoms with E-state index in [4.69, 9.17) is 4.74 Å². The minimum absolute atomic E-state index is 0.216. The molecule has 1 aliphatic heterocycles. The van der Waals surface area contributed by atoms with E-state index in [1.807, 2.05) is 92.2 Å². The van der Waals surface area contributed by atoms with Crippen LogP contribution in [0.4, 0.5) is 5.69 Å². The number of aromatic nitrogens is 1. The number of anilines is 1. The number of hydrogen-bond acceptors (Lipinski definition) is 6. The summed E-state index contributed by atoms with van der Waals surface area (Å²) in [6, 6.07) is 20.4. The molecule has 10 heteroatoms. The average molecular weight is 633 g/mol. The zero-order valence-electron chi connectivity index (χ0n) is 26.9. The monoisotopic (exact) mass is 632 g/mol. The van der Waals surface area contributed by atoms with E-state index in [0.717, 1.165) is 39.8 Å². The molecule has 0 spiro atoms. The molecule has 0 radical (unpaired) electrons. The van der Waals surface area contributed by atoms with Gasteiger partial charge in [0, 0.05) is 42.8 Å². The van der Waals surface area contributed by atoms with Gasteiger partial charge in [0.05, 0.1) is 35.7 Å². The van der Waals surface area contributed by atoms with Gasteiger partial charge in [-0.15, -0.1) is 0 Å². The molecule has 0 saturated carbocycles. The first-order valence-corrected chi connectivity index (χ1v) is 16.9. The summed E-state index contributed by atoms with van der Waals surface area (Å²) in [4.78, 5) is 14.0. The summed E-state index contributed by atoms with van der Waals surface area (Å²) in [7, 11) is -0.445. The summed E-state index contributed by atoms with van der Waals surface area (Å²) in [5.74, 6) is 0.372. The zero-order valence-corrected chi connectivity index (χ0v) is 27.7. The third kappa shape index (κ3) is 6.59. The summed E-state index contributed by atoms with van der Waals surface area (Å²) < 4.78 is 35.3. The van der Waals surface area contributed by atoms with Crippen LogP contribution in [-0.2, 0) is 34.9 Å². The van der Waals surface area contributed by atoms with Crippen molar-refractivity contribution >= 4 is 32.5 Å². The first kappa shape index (κ1) is 32.5. The number of sulfonamides is 1. The van der Waals surface area contributed by atoms with Crippen molar-refractivity contribution in [3.05, 3.63) is 95.2 Å². The number of nitrogens with one attached hydrogen (secondary N) is 2. The van der Waals surface area contributed by atoms with Crippen LogP contribution in [0, 0.1) is 0 Å². The van der Waals surface area contributed by atoms with Crippen molar-refractivity contribution in [3.63, 3.8) is 0 Å². The fourth-order valence-electron chi connectivity index (χ4n) is 6.08. The Labute approximate surface area is 266 Å². The Morgan fingerprint density at radius 2 is 1.84 bits per heavy atom.